The Balaban J connectivity index is 4.34. The van der Waals surface area contributed by atoms with Crippen LogP contribution in [0.4, 0.5) is 0 Å². The second-order valence-corrected chi connectivity index (χ2v) is 6.63. The molecule has 0 aliphatic rings. The van der Waals surface area contributed by atoms with Crippen molar-refractivity contribution in [3.05, 3.63) is 0 Å². The molecule has 0 aromatic carbocycles. The largest absolute Gasteiger partial charge is 0.330 e. The van der Waals surface area contributed by atoms with Crippen LogP contribution in [0.1, 0.15) is 77.0 Å². The van der Waals surface area contributed by atoms with Crippen molar-refractivity contribution < 1.29 is 9.59 Å². The van der Waals surface area contributed by atoms with E-state index in [1.165, 1.54) is 0 Å². The molecular formula is C18H38N4O2. The maximum Gasteiger partial charge on any atom is 0.143 e. The van der Waals surface area contributed by atoms with Gasteiger partial charge in [0.05, 0.1) is 12.1 Å². The van der Waals surface area contributed by atoms with Gasteiger partial charge in [-0.3, -0.25) is 9.59 Å². The lowest BCUT2D eigenvalue weighted by molar-refractivity contribution is -0.133. The average molecular weight is 343 g/mol. The average Bonchev–Trinajstić information content (AvgIpc) is 2.55. The minimum Gasteiger partial charge on any atom is -0.330 e. The maximum absolute atomic E-state index is 12.4. The van der Waals surface area contributed by atoms with Gasteiger partial charge < -0.3 is 22.9 Å². The van der Waals surface area contributed by atoms with E-state index in [1.54, 1.807) is 0 Å². The highest BCUT2D eigenvalue weighted by Gasteiger charge is 2.24. The number of nitrogens with two attached hydrogens (primary N) is 4. The molecule has 6 heteroatoms. The smallest absolute Gasteiger partial charge is 0.143 e. The van der Waals surface area contributed by atoms with Gasteiger partial charge in [-0.25, -0.2) is 0 Å². The first-order valence-electron chi connectivity index (χ1n) is 9.49. The van der Waals surface area contributed by atoms with Crippen LogP contribution < -0.4 is 22.9 Å². The van der Waals surface area contributed by atoms with Gasteiger partial charge in [0.2, 0.25) is 0 Å². The topological polar surface area (TPSA) is 138 Å². The summed E-state index contributed by atoms with van der Waals surface area (Å²) in [6, 6.07) is 0. The zero-order valence-corrected chi connectivity index (χ0v) is 15.2. The maximum atomic E-state index is 12.4. The summed E-state index contributed by atoms with van der Waals surface area (Å²) in [7, 11) is 0. The number of carbonyl (C=O) groups is 2. The molecule has 0 aromatic rings. The van der Waals surface area contributed by atoms with Crippen LogP contribution in [0.3, 0.4) is 0 Å². The van der Waals surface area contributed by atoms with Crippen molar-refractivity contribution in [1.29, 1.82) is 0 Å². The lowest BCUT2D eigenvalue weighted by Crippen LogP contribution is -2.30. The van der Waals surface area contributed by atoms with Crippen molar-refractivity contribution in [2.24, 2.45) is 28.9 Å². The third kappa shape index (κ3) is 12.6. The molecule has 0 aliphatic carbocycles. The van der Waals surface area contributed by atoms with Gasteiger partial charge in [-0.1, -0.05) is 25.7 Å². The first-order chi connectivity index (χ1) is 11.5. The molecule has 0 heterocycles. The van der Waals surface area contributed by atoms with Crippen molar-refractivity contribution in [1.82, 2.24) is 0 Å². The molecular weight excluding hydrogens is 304 g/mol. The highest BCUT2D eigenvalue weighted by atomic mass is 16.1. The number of carbonyl (C=O) groups excluding carboxylic acids is 2. The minimum atomic E-state index is -0.449. The van der Waals surface area contributed by atoms with Gasteiger partial charge in [0.1, 0.15) is 11.6 Å². The molecule has 0 spiro atoms. The van der Waals surface area contributed by atoms with Gasteiger partial charge in [-0.15, -0.1) is 0 Å². The van der Waals surface area contributed by atoms with Gasteiger partial charge in [0, 0.05) is 12.8 Å². The molecule has 0 saturated carbocycles. The highest BCUT2D eigenvalue weighted by Crippen LogP contribution is 2.19. The van der Waals surface area contributed by atoms with E-state index in [0.717, 1.165) is 57.8 Å². The van der Waals surface area contributed by atoms with E-state index in [4.69, 9.17) is 22.9 Å². The van der Waals surface area contributed by atoms with Crippen LogP contribution in [0.2, 0.25) is 0 Å². The fourth-order valence-electron chi connectivity index (χ4n) is 2.82. The van der Waals surface area contributed by atoms with E-state index >= 15 is 0 Å². The summed E-state index contributed by atoms with van der Waals surface area (Å²) in [6.45, 7) is 1.30. The highest BCUT2D eigenvalue weighted by molar-refractivity contribution is 6.02. The Morgan fingerprint density at radius 3 is 1.50 bits per heavy atom. The molecule has 0 bridgehead atoms. The number of ketones is 2. The summed E-state index contributed by atoms with van der Waals surface area (Å²) in [6.07, 6.45) is 9.06. The molecule has 0 atom stereocenters. The second kappa shape index (κ2) is 15.7. The first-order valence-corrected chi connectivity index (χ1v) is 9.49. The molecule has 142 valence electrons. The predicted octanol–water partition coefficient (Wildman–Crippen LogP) is 1.58. The number of Topliss-reactive ketones (excluding diaryl/α,β-unsaturated/α-hetero) is 2. The molecule has 0 rings (SSSR count). The lowest BCUT2D eigenvalue weighted by atomic mass is 9.87. The Kier molecular flexibility index (Phi) is 15.2. The lowest BCUT2D eigenvalue weighted by Gasteiger charge is -2.15. The standard InChI is InChI=1S/C18H38N4O2/c19-13-7-1-3-10-16(23)15(9-5-6-12-18(21)22)17(24)11-4-2-8-14-20/h15,18H,1-14,19-22H2. The zero-order valence-electron chi connectivity index (χ0n) is 15.2. The monoisotopic (exact) mass is 342 g/mol. The van der Waals surface area contributed by atoms with Gasteiger partial charge in [0.15, 0.2) is 0 Å². The fraction of sp³-hybridized carbons (Fsp3) is 0.889. The summed E-state index contributed by atoms with van der Waals surface area (Å²) >= 11 is 0. The molecule has 0 saturated heterocycles. The van der Waals surface area contributed by atoms with Crippen molar-refractivity contribution >= 4 is 11.6 Å². The van der Waals surface area contributed by atoms with Crippen LogP contribution in [0, 0.1) is 5.92 Å². The Morgan fingerprint density at radius 2 is 1.08 bits per heavy atom. The van der Waals surface area contributed by atoms with E-state index in [1.807, 2.05) is 0 Å². The van der Waals surface area contributed by atoms with E-state index in [9.17, 15) is 9.59 Å². The van der Waals surface area contributed by atoms with Gasteiger partial charge >= 0.3 is 0 Å². The third-order valence-electron chi connectivity index (χ3n) is 4.31. The van der Waals surface area contributed by atoms with Gasteiger partial charge in [-0.2, -0.15) is 0 Å². The SMILES string of the molecule is NCCCCCC(=O)C(CCCCC(N)N)C(=O)CCCCCN. The summed E-state index contributed by atoms with van der Waals surface area (Å²) in [5, 5.41) is 0. The summed E-state index contributed by atoms with van der Waals surface area (Å²) in [4.78, 5) is 24.9. The molecule has 0 unspecified atom stereocenters. The van der Waals surface area contributed by atoms with E-state index in [2.05, 4.69) is 0 Å². The van der Waals surface area contributed by atoms with E-state index in [-0.39, 0.29) is 17.7 Å². The Morgan fingerprint density at radius 1 is 0.625 bits per heavy atom. The molecule has 0 amide bonds. The predicted molar refractivity (Wildman–Crippen MR) is 99.2 cm³/mol. The molecule has 0 aromatic heterocycles. The first kappa shape index (κ1) is 23.2. The molecule has 0 aliphatic heterocycles. The Labute approximate surface area is 147 Å². The van der Waals surface area contributed by atoms with Crippen molar-refractivity contribution in [3.63, 3.8) is 0 Å². The summed E-state index contributed by atoms with van der Waals surface area (Å²) in [5.74, 6) is -0.268. The van der Waals surface area contributed by atoms with Crippen LogP contribution in [-0.4, -0.2) is 30.8 Å². The van der Waals surface area contributed by atoms with Crippen LogP contribution in [-0.2, 0) is 9.59 Å². The minimum absolute atomic E-state index is 0.0906. The molecule has 8 N–H and O–H groups in total. The molecule has 0 radical (unpaired) electrons. The number of rotatable bonds is 17. The van der Waals surface area contributed by atoms with E-state index < -0.39 is 5.92 Å². The van der Waals surface area contributed by atoms with Crippen molar-refractivity contribution in [2.45, 2.75) is 83.2 Å². The molecule has 0 fully saturated rings. The van der Waals surface area contributed by atoms with Crippen LogP contribution in [0.25, 0.3) is 0 Å². The fourth-order valence-corrected chi connectivity index (χ4v) is 2.82. The number of hydrogen-bond acceptors (Lipinski definition) is 6. The van der Waals surface area contributed by atoms with Crippen LogP contribution >= 0.6 is 0 Å². The van der Waals surface area contributed by atoms with Crippen LogP contribution in [0.15, 0.2) is 0 Å². The Bertz CT molecular complexity index is 311. The normalized spacial score (nSPS) is 11.4. The van der Waals surface area contributed by atoms with Crippen LogP contribution in [0.5, 0.6) is 0 Å². The quantitative estimate of drug-likeness (QED) is 0.180. The third-order valence-corrected chi connectivity index (χ3v) is 4.31. The Hall–Kier alpha value is -0.820. The summed E-state index contributed by atoms with van der Waals surface area (Å²) in [5.41, 5.74) is 22.0. The van der Waals surface area contributed by atoms with Gasteiger partial charge in [0.25, 0.3) is 0 Å². The number of hydrogen-bond donors (Lipinski definition) is 4. The van der Waals surface area contributed by atoms with Gasteiger partial charge in [-0.05, 0) is 51.6 Å². The number of unbranched alkanes of at least 4 members (excludes halogenated alkanes) is 5. The zero-order chi connectivity index (χ0) is 18.2. The van der Waals surface area contributed by atoms with Crippen molar-refractivity contribution in [3.8, 4) is 0 Å². The van der Waals surface area contributed by atoms with E-state index in [0.29, 0.717) is 32.4 Å². The molecule has 24 heavy (non-hydrogen) atoms. The molecule has 6 nitrogen and oxygen atoms in total. The summed E-state index contributed by atoms with van der Waals surface area (Å²) < 4.78 is 0. The second-order valence-electron chi connectivity index (χ2n) is 6.63. The van der Waals surface area contributed by atoms with Crippen molar-refractivity contribution in [2.75, 3.05) is 13.1 Å².